The van der Waals surface area contributed by atoms with E-state index in [1.807, 2.05) is 26.0 Å². The summed E-state index contributed by atoms with van der Waals surface area (Å²) < 4.78 is 12.0. The van der Waals surface area contributed by atoms with E-state index in [0.29, 0.717) is 24.6 Å². The van der Waals surface area contributed by atoms with Crippen molar-refractivity contribution in [3.8, 4) is 11.5 Å². The number of amides is 1. The Bertz CT molecular complexity index is 777. The Morgan fingerprint density at radius 2 is 1.92 bits per heavy atom. The molecule has 1 aromatic heterocycles. The van der Waals surface area contributed by atoms with Gasteiger partial charge in [0, 0.05) is 30.9 Å². The number of aromatic amines is 1. The quantitative estimate of drug-likeness (QED) is 0.804. The summed E-state index contributed by atoms with van der Waals surface area (Å²) in [6, 6.07) is 5.49. The van der Waals surface area contributed by atoms with E-state index in [4.69, 9.17) is 9.47 Å². The van der Waals surface area contributed by atoms with E-state index in [0.717, 1.165) is 17.0 Å². The third-order valence-electron chi connectivity index (χ3n) is 3.99. The van der Waals surface area contributed by atoms with Crippen molar-refractivity contribution in [2.75, 3.05) is 14.2 Å². The summed E-state index contributed by atoms with van der Waals surface area (Å²) in [5.41, 5.74) is 2.41. The van der Waals surface area contributed by atoms with Gasteiger partial charge in [-0.15, -0.1) is 0 Å². The lowest BCUT2D eigenvalue weighted by molar-refractivity contribution is -0.121. The van der Waals surface area contributed by atoms with Gasteiger partial charge < -0.3 is 19.8 Å². The van der Waals surface area contributed by atoms with Crippen LogP contribution in [0.15, 0.2) is 23.0 Å². The first-order valence-electron chi connectivity index (χ1n) is 7.70. The van der Waals surface area contributed by atoms with Gasteiger partial charge in [-0.3, -0.25) is 9.36 Å². The average Bonchev–Trinajstić information content (AvgIpc) is 2.83. The van der Waals surface area contributed by atoms with E-state index in [1.165, 1.54) is 0 Å². The van der Waals surface area contributed by atoms with Crippen LogP contribution in [0.4, 0.5) is 0 Å². The zero-order valence-corrected chi connectivity index (χ0v) is 14.4. The molecule has 7 heteroatoms. The summed E-state index contributed by atoms with van der Waals surface area (Å²) in [5, 5.41) is 2.84. The fraction of sp³-hybridized carbons (Fsp3) is 0.412. The lowest BCUT2D eigenvalue weighted by atomic mass is 10.2. The lowest BCUT2D eigenvalue weighted by Crippen LogP contribution is -2.26. The van der Waals surface area contributed by atoms with Crippen molar-refractivity contribution in [1.29, 1.82) is 0 Å². The molecule has 1 heterocycles. The molecule has 0 aliphatic carbocycles. The smallest absolute Gasteiger partial charge is 0.325 e. The van der Waals surface area contributed by atoms with Gasteiger partial charge in [-0.2, -0.15) is 0 Å². The molecule has 1 aromatic carbocycles. The number of rotatable bonds is 7. The Kier molecular flexibility index (Phi) is 5.68. The fourth-order valence-corrected chi connectivity index (χ4v) is 2.44. The third-order valence-corrected chi connectivity index (χ3v) is 3.99. The van der Waals surface area contributed by atoms with Crippen molar-refractivity contribution in [2.24, 2.45) is 0 Å². The van der Waals surface area contributed by atoms with Crippen LogP contribution < -0.4 is 20.5 Å². The van der Waals surface area contributed by atoms with E-state index < -0.39 is 0 Å². The highest BCUT2D eigenvalue weighted by molar-refractivity contribution is 5.75. The number of ether oxygens (including phenoxy) is 2. The van der Waals surface area contributed by atoms with Crippen molar-refractivity contribution in [3.05, 3.63) is 45.6 Å². The van der Waals surface area contributed by atoms with Crippen molar-refractivity contribution < 1.29 is 14.3 Å². The number of nitrogens with one attached hydrogen (secondary N) is 2. The van der Waals surface area contributed by atoms with E-state index in [2.05, 4.69) is 10.3 Å². The second-order valence-corrected chi connectivity index (χ2v) is 5.51. The molecule has 2 N–H and O–H groups in total. The third kappa shape index (κ3) is 3.98. The average molecular weight is 333 g/mol. The van der Waals surface area contributed by atoms with E-state index >= 15 is 0 Å². The summed E-state index contributed by atoms with van der Waals surface area (Å²) in [6.07, 6.45) is 0.241. The molecule has 0 spiro atoms. The van der Waals surface area contributed by atoms with Gasteiger partial charge in [0.15, 0.2) is 11.5 Å². The maximum Gasteiger partial charge on any atom is 0.325 e. The molecule has 0 unspecified atom stereocenters. The predicted octanol–water partition coefficient (Wildman–Crippen LogP) is 1.52. The van der Waals surface area contributed by atoms with Crippen LogP contribution in [0.25, 0.3) is 0 Å². The number of benzene rings is 1. The molecule has 0 atom stereocenters. The molecule has 1 amide bonds. The first-order valence-corrected chi connectivity index (χ1v) is 7.70. The topological polar surface area (TPSA) is 85.4 Å². The zero-order valence-electron chi connectivity index (χ0n) is 14.4. The van der Waals surface area contributed by atoms with Gasteiger partial charge >= 0.3 is 5.69 Å². The Labute approximate surface area is 140 Å². The van der Waals surface area contributed by atoms with Gasteiger partial charge in [-0.1, -0.05) is 6.07 Å². The zero-order chi connectivity index (χ0) is 17.7. The SMILES string of the molecule is COc1ccc(CNC(=O)CCn2c(C)c(C)[nH]c2=O)cc1OC. The van der Waals surface area contributed by atoms with E-state index in [1.54, 1.807) is 24.9 Å². The van der Waals surface area contributed by atoms with Crippen molar-refractivity contribution in [1.82, 2.24) is 14.9 Å². The number of hydrogen-bond acceptors (Lipinski definition) is 4. The summed E-state index contributed by atoms with van der Waals surface area (Å²) in [4.78, 5) is 26.5. The minimum atomic E-state index is -0.183. The number of imidazole rings is 1. The summed E-state index contributed by atoms with van der Waals surface area (Å²) in [6.45, 7) is 4.44. The highest BCUT2D eigenvalue weighted by Gasteiger charge is 2.09. The second-order valence-electron chi connectivity index (χ2n) is 5.51. The Morgan fingerprint density at radius 1 is 1.21 bits per heavy atom. The van der Waals surface area contributed by atoms with E-state index in [-0.39, 0.29) is 18.0 Å². The maximum absolute atomic E-state index is 12.0. The molecular weight excluding hydrogens is 310 g/mol. The van der Waals surface area contributed by atoms with Gasteiger partial charge in [0.25, 0.3) is 0 Å². The van der Waals surface area contributed by atoms with Crippen LogP contribution in [-0.4, -0.2) is 29.7 Å². The molecule has 0 aliphatic rings. The van der Waals surface area contributed by atoms with Crippen LogP contribution in [0, 0.1) is 13.8 Å². The number of H-pyrrole nitrogens is 1. The number of aryl methyl sites for hydroxylation is 1. The van der Waals surface area contributed by atoms with Crippen LogP contribution in [0.3, 0.4) is 0 Å². The highest BCUT2D eigenvalue weighted by atomic mass is 16.5. The number of carbonyl (C=O) groups excluding carboxylic acids is 1. The standard InChI is InChI=1S/C17H23N3O4/c1-11-12(2)20(17(22)19-11)8-7-16(21)18-10-13-5-6-14(23-3)15(9-13)24-4/h5-6,9H,7-8,10H2,1-4H3,(H,18,21)(H,19,22). The molecule has 24 heavy (non-hydrogen) atoms. The van der Waals surface area contributed by atoms with Crippen molar-refractivity contribution in [3.63, 3.8) is 0 Å². The second kappa shape index (κ2) is 7.72. The number of aromatic nitrogens is 2. The summed E-state index contributed by atoms with van der Waals surface area (Å²) >= 11 is 0. The lowest BCUT2D eigenvalue weighted by Gasteiger charge is -2.10. The summed E-state index contributed by atoms with van der Waals surface area (Å²) in [7, 11) is 3.14. The first-order chi connectivity index (χ1) is 11.5. The molecule has 0 aliphatic heterocycles. The molecule has 130 valence electrons. The minimum Gasteiger partial charge on any atom is -0.493 e. The maximum atomic E-state index is 12.0. The van der Waals surface area contributed by atoms with Crippen LogP contribution >= 0.6 is 0 Å². The molecule has 7 nitrogen and oxygen atoms in total. The van der Waals surface area contributed by atoms with Gasteiger partial charge in [-0.05, 0) is 31.5 Å². The van der Waals surface area contributed by atoms with Gasteiger partial charge in [0.2, 0.25) is 5.91 Å². The number of hydrogen-bond donors (Lipinski definition) is 2. The Morgan fingerprint density at radius 3 is 2.50 bits per heavy atom. The van der Waals surface area contributed by atoms with Gasteiger partial charge in [0.05, 0.1) is 14.2 Å². The normalized spacial score (nSPS) is 10.5. The molecule has 2 aromatic rings. The molecule has 0 saturated carbocycles. The van der Waals surface area contributed by atoms with Crippen molar-refractivity contribution in [2.45, 2.75) is 33.4 Å². The predicted molar refractivity (Wildman–Crippen MR) is 90.5 cm³/mol. The molecule has 2 rings (SSSR count). The largest absolute Gasteiger partial charge is 0.493 e. The monoisotopic (exact) mass is 333 g/mol. The number of nitrogens with zero attached hydrogens (tertiary/aromatic N) is 1. The number of carbonyl (C=O) groups is 1. The minimum absolute atomic E-state index is 0.116. The molecular formula is C17H23N3O4. The first kappa shape index (κ1) is 17.7. The Balaban J connectivity index is 1.90. The summed E-state index contributed by atoms with van der Waals surface area (Å²) in [5.74, 6) is 1.15. The molecule has 0 bridgehead atoms. The van der Waals surface area contributed by atoms with Crippen molar-refractivity contribution >= 4 is 5.91 Å². The van der Waals surface area contributed by atoms with Crippen LogP contribution in [-0.2, 0) is 17.9 Å². The molecule has 0 fully saturated rings. The van der Waals surface area contributed by atoms with E-state index in [9.17, 15) is 9.59 Å². The molecule has 0 radical (unpaired) electrons. The van der Waals surface area contributed by atoms with Crippen LogP contribution in [0.1, 0.15) is 23.4 Å². The highest BCUT2D eigenvalue weighted by Crippen LogP contribution is 2.27. The van der Waals surface area contributed by atoms with Gasteiger partial charge in [0.1, 0.15) is 0 Å². The number of methoxy groups -OCH3 is 2. The molecule has 0 saturated heterocycles. The van der Waals surface area contributed by atoms with Gasteiger partial charge in [-0.25, -0.2) is 4.79 Å². The van der Waals surface area contributed by atoms with Crippen LogP contribution in [0.5, 0.6) is 11.5 Å². The Hall–Kier alpha value is -2.70. The fourth-order valence-electron chi connectivity index (χ4n) is 2.44. The van der Waals surface area contributed by atoms with Crippen LogP contribution in [0.2, 0.25) is 0 Å².